The van der Waals surface area contributed by atoms with E-state index in [1.54, 1.807) is 7.11 Å². The molecule has 12 heavy (non-hydrogen) atoms. The summed E-state index contributed by atoms with van der Waals surface area (Å²) in [4.78, 5) is 3.98. The van der Waals surface area contributed by atoms with E-state index in [4.69, 9.17) is 16.3 Å². The number of methoxy groups -OCH3 is 1. The van der Waals surface area contributed by atoms with Crippen molar-refractivity contribution in [2.45, 2.75) is 20.0 Å². The molecule has 0 aliphatic rings. The number of aromatic nitrogens is 3. The quantitative estimate of drug-likeness (QED) is 0.789. The molecule has 1 unspecified atom stereocenters. The molecule has 1 heterocycles. The Kier molecular flexibility index (Phi) is 3.05. The van der Waals surface area contributed by atoms with Crippen LogP contribution in [-0.2, 0) is 4.74 Å². The molecular formula is C7H12ClN3O. The van der Waals surface area contributed by atoms with Crippen LogP contribution in [-0.4, -0.2) is 22.3 Å². The summed E-state index contributed by atoms with van der Waals surface area (Å²) in [5.74, 6) is 1.02. The lowest BCUT2D eigenvalue weighted by Crippen LogP contribution is -2.10. The molecule has 0 aliphatic carbocycles. The molecule has 0 aliphatic heterocycles. The summed E-state index contributed by atoms with van der Waals surface area (Å²) in [5, 5.41) is 6.67. The number of hydrogen-bond acceptors (Lipinski definition) is 3. The normalized spacial score (nSPS) is 13.8. The van der Waals surface area contributed by atoms with E-state index in [9.17, 15) is 0 Å². The molecule has 1 aromatic rings. The first-order valence-corrected chi connectivity index (χ1v) is 4.13. The summed E-state index contributed by atoms with van der Waals surface area (Å²) in [5.41, 5.74) is 0. The van der Waals surface area contributed by atoms with Gasteiger partial charge < -0.3 is 4.74 Å². The highest BCUT2D eigenvalue weighted by Crippen LogP contribution is 2.21. The largest absolute Gasteiger partial charge is 0.373 e. The van der Waals surface area contributed by atoms with Gasteiger partial charge in [-0.3, -0.25) is 5.10 Å². The van der Waals surface area contributed by atoms with Gasteiger partial charge in [0.2, 0.25) is 5.28 Å². The third-order valence-electron chi connectivity index (χ3n) is 1.60. The fraction of sp³-hybridized carbons (Fsp3) is 0.714. The summed E-state index contributed by atoms with van der Waals surface area (Å²) < 4.78 is 5.22. The number of nitrogens with one attached hydrogen (secondary N) is 1. The average molecular weight is 190 g/mol. The maximum absolute atomic E-state index is 5.56. The van der Waals surface area contributed by atoms with Crippen LogP contribution >= 0.6 is 11.6 Å². The van der Waals surface area contributed by atoms with Gasteiger partial charge in [-0.25, -0.2) is 0 Å². The maximum Gasteiger partial charge on any atom is 0.242 e. The summed E-state index contributed by atoms with van der Waals surface area (Å²) in [6, 6.07) is 0. The molecule has 1 rings (SSSR count). The molecule has 0 radical (unpaired) electrons. The van der Waals surface area contributed by atoms with Crippen LogP contribution in [0, 0.1) is 5.92 Å². The van der Waals surface area contributed by atoms with Gasteiger partial charge in [-0.1, -0.05) is 13.8 Å². The molecule has 0 saturated heterocycles. The van der Waals surface area contributed by atoms with Crippen LogP contribution in [0.15, 0.2) is 0 Å². The van der Waals surface area contributed by atoms with Gasteiger partial charge in [0.25, 0.3) is 0 Å². The second kappa shape index (κ2) is 3.87. The second-order valence-electron chi connectivity index (χ2n) is 2.89. The molecule has 0 saturated carbocycles. The third kappa shape index (κ3) is 1.95. The molecule has 0 fully saturated rings. The number of H-pyrrole nitrogens is 1. The van der Waals surface area contributed by atoms with Crippen molar-refractivity contribution in [3.8, 4) is 0 Å². The van der Waals surface area contributed by atoms with Crippen LogP contribution in [0.25, 0.3) is 0 Å². The van der Waals surface area contributed by atoms with Crippen LogP contribution < -0.4 is 0 Å². The Morgan fingerprint density at radius 1 is 1.50 bits per heavy atom. The number of aromatic amines is 1. The zero-order valence-electron chi connectivity index (χ0n) is 7.34. The molecule has 1 N–H and O–H groups in total. The van der Waals surface area contributed by atoms with E-state index < -0.39 is 0 Å². The lowest BCUT2D eigenvalue weighted by molar-refractivity contribution is 0.0578. The fourth-order valence-electron chi connectivity index (χ4n) is 1.08. The van der Waals surface area contributed by atoms with Gasteiger partial charge in [-0.05, 0) is 17.5 Å². The van der Waals surface area contributed by atoms with E-state index in [1.165, 1.54) is 0 Å². The first-order valence-electron chi connectivity index (χ1n) is 3.75. The van der Waals surface area contributed by atoms with Crippen LogP contribution in [0.5, 0.6) is 0 Å². The second-order valence-corrected chi connectivity index (χ2v) is 3.23. The van der Waals surface area contributed by atoms with Gasteiger partial charge in [0.15, 0.2) is 5.82 Å². The van der Waals surface area contributed by atoms with Gasteiger partial charge >= 0.3 is 0 Å². The minimum atomic E-state index is -0.0648. The zero-order chi connectivity index (χ0) is 9.14. The van der Waals surface area contributed by atoms with Crippen molar-refractivity contribution in [2.24, 2.45) is 5.92 Å². The monoisotopic (exact) mass is 189 g/mol. The van der Waals surface area contributed by atoms with Crippen molar-refractivity contribution in [1.29, 1.82) is 0 Å². The van der Waals surface area contributed by atoms with E-state index in [2.05, 4.69) is 15.2 Å². The molecule has 0 amide bonds. The van der Waals surface area contributed by atoms with Crippen LogP contribution in [0.3, 0.4) is 0 Å². The summed E-state index contributed by atoms with van der Waals surface area (Å²) in [7, 11) is 1.64. The highest BCUT2D eigenvalue weighted by Gasteiger charge is 2.18. The number of hydrogen-bond donors (Lipinski definition) is 1. The van der Waals surface area contributed by atoms with E-state index in [0.29, 0.717) is 11.7 Å². The van der Waals surface area contributed by atoms with Crippen molar-refractivity contribution in [3.63, 3.8) is 0 Å². The van der Waals surface area contributed by atoms with Gasteiger partial charge in [0, 0.05) is 7.11 Å². The Balaban J connectivity index is 2.80. The lowest BCUT2D eigenvalue weighted by Gasteiger charge is -2.15. The van der Waals surface area contributed by atoms with Crippen LogP contribution in [0.2, 0.25) is 5.28 Å². The predicted molar refractivity (Wildman–Crippen MR) is 46.0 cm³/mol. The Morgan fingerprint density at radius 3 is 2.50 bits per heavy atom. The number of halogens is 1. The van der Waals surface area contributed by atoms with Gasteiger partial charge in [0.1, 0.15) is 6.10 Å². The van der Waals surface area contributed by atoms with Gasteiger partial charge in [0.05, 0.1) is 0 Å². The minimum Gasteiger partial charge on any atom is -0.373 e. The van der Waals surface area contributed by atoms with Crippen molar-refractivity contribution in [3.05, 3.63) is 11.1 Å². The smallest absolute Gasteiger partial charge is 0.242 e. The maximum atomic E-state index is 5.56. The number of ether oxygens (including phenoxy) is 1. The molecule has 5 heteroatoms. The molecular weight excluding hydrogens is 178 g/mol. The zero-order valence-corrected chi connectivity index (χ0v) is 8.09. The first kappa shape index (κ1) is 9.48. The molecule has 0 aromatic carbocycles. The standard InChI is InChI=1S/C7H12ClN3O/c1-4(2)5(12-3)6-9-7(8)11-10-6/h4-5H,1-3H3,(H,9,10,11). The molecule has 1 atom stereocenters. The van der Waals surface area contributed by atoms with Crippen molar-refractivity contribution >= 4 is 11.6 Å². The van der Waals surface area contributed by atoms with E-state index >= 15 is 0 Å². The summed E-state index contributed by atoms with van der Waals surface area (Å²) >= 11 is 5.56. The summed E-state index contributed by atoms with van der Waals surface area (Å²) in [6.45, 7) is 4.09. The van der Waals surface area contributed by atoms with Crippen molar-refractivity contribution in [2.75, 3.05) is 7.11 Å². The van der Waals surface area contributed by atoms with E-state index in [0.717, 1.165) is 0 Å². The fourth-order valence-corrected chi connectivity index (χ4v) is 1.21. The van der Waals surface area contributed by atoms with E-state index in [1.807, 2.05) is 13.8 Å². The van der Waals surface area contributed by atoms with Crippen LogP contribution in [0.4, 0.5) is 0 Å². The predicted octanol–water partition coefficient (Wildman–Crippen LogP) is 1.80. The molecule has 1 aromatic heterocycles. The van der Waals surface area contributed by atoms with Gasteiger partial charge in [-0.15, -0.1) is 5.10 Å². The summed E-state index contributed by atoms with van der Waals surface area (Å²) in [6.07, 6.45) is -0.0648. The third-order valence-corrected chi connectivity index (χ3v) is 1.77. The number of rotatable bonds is 3. The molecule has 68 valence electrons. The Morgan fingerprint density at radius 2 is 2.17 bits per heavy atom. The Hall–Kier alpha value is -0.610. The van der Waals surface area contributed by atoms with Crippen LogP contribution in [0.1, 0.15) is 25.8 Å². The Bertz CT molecular complexity index is 249. The topological polar surface area (TPSA) is 50.8 Å². The lowest BCUT2D eigenvalue weighted by atomic mass is 10.1. The SMILES string of the molecule is COC(c1nc(Cl)n[nH]1)C(C)C. The Labute approximate surface area is 76.3 Å². The number of nitrogens with zero attached hydrogens (tertiary/aromatic N) is 2. The molecule has 0 spiro atoms. The minimum absolute atomic E-state index is 0.0648. The highest BCUT2D eigenvalue weighted by atomic mass is 35.5. The average Bonchev–Trinajstić information content (AvgIpc) is 2.37. The van der Waals surface area contributed by atoms with E-state index in [-0.39, 0.29) is 11.4 Å². The first-order chi connectivity index (χ1) is 5.65. The molecule has 4 nitrogen and oxygen atoms in total. The van der Waals surface area contributed by atoms with Gasteiger partial charge in [-0.2, -0.15) is 4.98 Å². The van der Waals surface area contributed by atoms with Crippen molar-refractivity contribution < 1.29 is 4.74 Å². The molecule has 0 bridgehead atoms. The highest BCUT2D eigenvalue weighted by molar-refractivity contribution is 6.28. The van der Waals surface area contributed by atoms with Crippen molar-refractivity contribution in [1.82, 2.24) is 15.2 Å².